The van der Waals surface area contributed by atoms with Gasteiger partial charge in [-0.1, -0.05) is 5.16 Å². The second-order valence-corrected chi connectivity index (χ2v) is 2.10. The minimum atomic E-state index is 0.370. The molecule has 3 nitrogen and oxygen atoms in total. The molecule has 0 atom stereocenters. The van der Waals surface area contributed by atoms with E-state index >= 15 is 0 Å². The zero-order chi connectivity index (χ0) is 5.98. The van der Waals surface area contributed by atoms with Crippen LogP contribution in [0.2, 0.25) is 0 Å². The van der Waals surface area contributed by atoms with Crippen molar-refractivity contribution in [3.63, 3.8) is 0 Å². The highest BCUT2D eigenvalue weighted by atomic mass is 32.2. The minimum absolute atomic E-state index is 0.370. The highest BCUT2D eigenvalue weighted by Gasteiger charge is 1.94. The van der Waals surface area contributed by atoms with Crippen molar-refractivity contribution in [3.8, 4) is 0 Å². The van der Waals surface area contributed by atoms with Crippen molar-refractivity contribution in [3.05, 3.63) is 6.07 Å². The van der Waals surface area contributed by atoms with Crippen molar-refractivity contribution in [2.75, 3.05) is 12.0 Å². The molecule has 0 bridgehead atoms. The van der Waals surface area contributed by atoms with E-state index in [9.17, 15) is 0 Å². The average Bonchev–Trinajstić information content (AvgIpc) is 2.14. The predicted molar refractivity (Wildman–Crippen MR) is 32.7 cm³/mol. The highest BCUT2D eigenvalue weighted by Crippen LogP contribution is 2.14. The number of hydrogen-bond acceptors (Lipinski definition) is 4. The van der Waals surface area contributed by atoms with Gasteiger partial charge < -0.3 is 10.3 Å². The van der Waals surface area contributed by atoms with Crippen LogP contribution in [-0.4, -0.2) is 11.4 Å². The standard InChI is InChI=1S/C4H6N2OS/c1-8-4-2-3(5)7-6-4/h2H,5H2,1H3. The quantitative estimate of drug-likeness (QED) is 0.576. The van der Waals surface area contributed by atoms with Crippen LogP contribution in [0.15, 0.2) is 15.6 Å². The van der Waals surface area contributed by atoms with E-state index in [2.05, 4.69) is 9.68 Å². The SMILES string of the molecule is CSc1cc(N)on1. The molecule has 1 heterocycles. The monoisotopic (exact) mass is 130 g/mol. The van der Waals surface area contributed by atoms with E-state index in [-0.39, 0.29) is 0 Å². The fourth-order valence-corrected chi connectivity index (χ4v) is 0.714. The van der Waals surface area contributed by atoms with Gasteiger partial charge in [0.2, 0.25) is 5.88 Å². The van der Waals surface area contributed by atoms with Gasteiger partial charge in [-0.3, -0.25) is 0 Å². The molecule has 0 amide bonds. The third kappa shape index (κ3) is 0.949. The Morgan fingerprint density at radius 2 is 2.62 bits per heavy atom. The van der Waals surface area contributed by atoms with Crippen molar-refractivity contribution < 1.29 is 4.52 Å². The van der Waals surface area contributed by atoms with Crippen molar-refractivity contribution in [1.82, 2.24) is 5.16 Å². The lowest BCUT2D eigenvalue weighted by Gasteiger charge is -1.74. The number of nitrogen functional groups attached to an aromatic ring is 1. The molecule has 2 N–H and O–H groups in total. The van der Waals surface area contributed by atoms with Crippen molar-refractivity contribution in [1.29, 1.82) is 0 Å². The van der Waals surface area contributed by atoms with Gasteiger partial charge in [-0.05, 0) is 6.26 Å². The van der Waals surface area contributed by atoms with Crippen LogP contribution in [0.3, 0.4) is 0 Å². The molecule has 44 valence electrons. The van der Waals surface area contributed by atoms with Crippen molar-refractivity contribution in [2.45, 2.75) is 5.03 Å². The first-order chi connectivity index (χ1) is 3.83. The number of thioether (sulfide) groups is 1. The number of nitrogens with two attached hydrogens (primary N) is 1. The lowest BCUT2D eigenvalue weighted by atomic mass is 10.7. The Morgan fingerprint density at radius 1 is 1.88 bits per heavy atom. The van der Waals surface area contributed by atoms with Gasteiger partial charge in [0, 0.05) is 6.07 Å². The molecule has 0 spiro atoms. The molecule has 0 saturated carbocycles. The van der Waals surface area contributed by atoms with Crippen molar-refractivity contribution >= 4 is 17.6 Å². The van der Waals surface area contributed by atoms with E-state index in [0.29, 0.717) is 5.88 Å². The number of rotatable bonds is 1. The second kappa shape index (κ2) is 2.09. The van der Waals surface area contributed by atoms with Crippen LogP contribution >= 0.6 is 11.8 Å². The van der Waals surface area contributed by atoms with Crippen LogP contribution in [0.25, 0.3) is 0 Å². The zero-order valence-corrected chi connectivity index (χ0v) is 5.23. The van der Waals surface area contributed by atoms with Gasteiger partial charge in [0.05, 0.1) is 0 Å². The molecule has 4 heteroatoms. The number of nitrogens with zero attached hydrogens (tertiary/aromatic N) is 1. The Morgan fingerprint density at radius 3 is 2.88 bits per heavy atom. The summed E-state index contributed by atoms with van der Waals surface area (Å²) >= 11 is 1.50. The van der Waals surface area contributed by atoms with E-state index in [1.54, 1.807) is 6.07 Å². The first kappa shape index (κ1) is 5.50. The molecular weight excluding hydrogens is 124 g/mol. The van der Waals surface area contributed by atoms with Gasteiger partial charge in [-0.2, -0.15) is 0 Å². The third-order valence-corrected chi connectivity index (χ3v) is 1.33. The second-order valence-electron chi connectivity index (χ2n) is 1.27. The molecule has 1 aromatic heterocycles. The fourth-order valence-electron chi connectivity index (χ4n) is 0.368. The lowest BCUT2D eigenvalue weighted by Crippen LogP contribution is -1.75. The van der Waals surface area contributed by atoms with Gasteiger partial charge in [-0.25, -0.2) is 0 Å². The normalized spacial score (nSPS) is 9.62. The van der Waals surface area contributed by atoms with Gasteiger partial charge in [0.1, 0.15) is 5.03 Å². The first-order valence-corrected chi connectivity index (χ1v) is 3.31. The van der Waals surface area contributed by atoms with Gasteiger partial charge in [0.15, 0.2) is 0 Å². The Hall–Kier alpha value is -0.640. The van der Waals surface area contributed by atoms with Gasteiger partial charge in [-0.15, -0.1) is 11.8 Å². The fraction of sp³-hybridized carbons (Fsp3) is 0.250. The Balaban J connectivity index is 2.84. The number of anilines is 1. The Bertz CT molecular complexity index is 174. The molecule has 0 saturated heterocycles. The smallest absolute Gasteiger partial charge is 0.223 e. The highest BCUT2D eigenvalue weighted by molar-refractivity contribution is 7.98. The summed E-state index contributed by atoms with van der Waals surface area (Å²) in [4.78, 5) is 0. The molecule has 0 aliphatic heterocycles. The molecule has 0 aromatic carbocycles. The van der Waals surface area contributed by atoms with E-state index in [0.717, 1.165) is 5.03 Å². The van der Waals surface area contributed by atoms with Gasteiger partial charge >= 0.3 is 0 Å². The third-order valence-electron chi connectivity index (χ3n) is 0.716. The maximum absolute atomic E-state index is 5.21. The molecule has 0 unspecified atom stereocenters. The Kier molecular flexibility index (Phi) is 1.43. The van der Waals surface area contributed by atoms with Crippen LogP contribution in [0.5, 0.6) is 0 Å². The van der Waals surface area contributed by atoms with Crippen LogP contribution in [0, 0.1) is 0 Å². The predicted octanol–water partition coefficient (Wildman–Crippen LogP) is 0.979. The van der Waals surface area contributed by atoms with Crippen LogP contribution < -0.4 is 5.73 Å². The summed E-state index contributed by atoms with van der Waals surface area (Å²) in [6.45, 7) is 0. The molecular formula is C4H6N2OS. The Labute approximate surface area is 51.2 Å². The van der Waals surface area contributed by atoms with Crippen LogP contribution in [0.4, 0.5) is 5.88 Å². The van der Waals surface area contributed by atoms with Crippen LogP contribution in [0.1, 0.15) is 0 Å². The lowest BCUT2D eigenvalue weighted by molar-refractivity contribution is 0.419. The number of aromatic nitrogens is 1. The summed E-state index contributed by atoms with van der Waals surface area (Å²) in [7, 11) is 0. The molecule has 0 aliphatic rings. The maximum atomic E-state index is 5.21. The first-order valence-electron chi connectivity index (χ1n) is 2.09. The van der Waals surface area contributed by atoms with E-state index in [4.69, 9.17) is 5.73 Å². The maximum Gasteiger partial charge on any atom is 0.223 e. The summed E-state index contributed by atoms with van der Waals surface area (Å²) in [5, 5.41) is 4.42. The summed E-state index contributed by atoms with van der Waals surface area (Å²) in [5.41, 5.74) is 5.21. The number of hydrogen-bond donors (Lipinski definition) is 1. The topological polar surface area (TPSA) is 52.0 Å². The summed E-state index contributed by atoms with van der Waals surface area (Å²) in [6.07, 6.45) is 1.91. The minimum Gasteiger partial charge on any atom is -0.368 e. The molecule has 8 heavy (non-hydrogen) atoms. The average molecular weight is 130 g/mol. The molecule has 1 aromatic rings. The van der Waals surface area contributed by atoms with Crippen molar-refractivity contribution in [2.24, 2.45) is 0 Å². The molecule has 0 aliphatic carbocycles. The summed E-state index contributed by atoms with van der Waals surface area (Å²) < 4.78 is 4.56. The zero-order valence-electron chi connectivity index (χ0n) is 4.42. The van der Waals surface area contributed by atoms with E-state index in [1.165, 1.54) is 11.8 Å². The molecule has 0 fully saturated rings. The summed E-state index contributed by atoms with van der Waals surface area (Å²) in [6, 6.07) is 1.69. The summed E-state index contributed by atoms with van der Waals surface area (Å²) in [5.74, 6) is 0.370. The van der Waals surface area contributed by atoms with E-state index < -0.39 is 0 Å². The van der Waals surface area contributed by atoms with Crippen LogP contribution in [-0.2, 0) is 0 Å². The van der Waals surface area contributed by atoms with Gasteiger partial charge in [0.25, 0.3) is 0 Å². The molecule has 1 rings (SSSR count). The molecule has 0 radical (unpaired) electrons. The largest absolute Gasteiger partial charge is 0.368 e. The van der Waals surface area contributed by atoms with E-state index in [1.807, 2.05) is 6.26 Å².